The summed E-state index contributed by atoms with van der Waals surface area (Å²) >= 11 is 3.39. The summed E-state index contributed by atoms with van der Waals surface area (Å²) < 4.78 is 4.57. The second-order valence-electron chi connectivity index (χ2n) is 3.68. The molecule has 0 aliphatic heterocycles. The summed E-state index contributed by atoms with van der Waals surface area (Å²) in [5.74, 6) is -0.113. The number of halogens is 1. The maximum absolute atomic E-state index is 10.8. The Bertz CT molecular complexity index is 143. The lowest BCUT2D eigenvalue weighted by molar-refractivity contribution is -0.141. The van der Waals surface area contributed by atoms with E-state index in [-0.39, 0.29) is 11.4 Å². The van der Waals surface area contributed by atoms with Crippen molar-refractivity contribution in [2.24, 2.45) is 5.41 Å². The van der Waals surface area contributed by atoms with Gasteiger partial charge in [0, 0.05) is 11.8 Å². The molecule has 0 atom stereocenters. The second kappa shape index (κ2) is 5.57. The predicted molar refractivity (Wildman–Crippen MR) is 53.4 cm³/mol. The lowest BCUT2D eigenvalue weighted by Gasteiger charge is -2.22. The van der Waals surface area contributed by atoms with Gasteiger partial charge < -0.3 is 4.74 Å². The Morgan fingerprint density at radius 1 is 1.42 bits per heavy atom. The number of esters is 1. The lowest BCUT2D eigenvalue weighted by atomic mass is 9.85. The first-order valence-electron chi connectivity index (χ1n) is 4.14. The quantitative estimate of drug-likeness (QED) is 0.542. The summed E-state index contributed by atoms with van der Waals surface area (Å²) in [5.41, 5.74) is 0.234. The Morgan fingerprint density at radius 3 is 2.42 bits per heavy atom. The minimum Gasteiger partial charge on any atom is -0.469 e. The van der Waals surface area contributed by atoms with Crippen molar-refractivity contribution in [1.82, 2.24) is 0 Å². The Kier molecular flexibility index (Phi) is 5.55. The summed E-state index contributed by atoms with van der Waals surface area (Å²) in [6, 6.07) is 0. The molecule has 0 unspecified atom stereocenters. The van der Waals surface area contributed by atoms with Crippen molar-refractivity contribution >= 4 is 21.9 Å². The number of hydrogen-bond donors (Lipinski definition) is 0. The lowest BCUT2D eigenvalue weighted by Crippen LogP contribution is -2.14. The van der Waals surface area contributed by atoms with Crippen LogP contribution < -0.4 is 0 Å². The molecule has 0 N–H and O–H groups in total. The van der Waals surface area contributed by atoms with E-state index in [9.17, 15) is 4.79 Å². The molecule has 0 saturated carbocycles. The van der Waals surface area contributed by atoms with Crippen LogP contribution in [0.3, 0.4) is 0 Å². The summed E-state index contributed by atoms with van der Waals surface area (Å²) in [5, 5.41) is 0.987. The third-order valence-electron chi connectivity index (χ3n) is 2.00. The van der Waals surface area contributed by atoms with Gasteiger partial charge >= 0.3 is 5.97 Å². The van der Waals surface area contributed by atoms with Crippen LogP contribution in [0, 0.1) is 5.41 Å². The normalized spacial score (nSPS) is 11.3. The number of methoxy groups -OCH3 is 1. The smallest absolute Gasteiger partial charge is 0.305 e. The van der Waals surface area contributed by atoms with Crippen LogP contribution in [0.4, 0.5) is 0 Å². The maximum atomic E-state index is 10.8. The number of hydrogen-bond acceptors (Lipinski definition) is 2. The third kappa shape index (κ3) is 5.58. The molecule has 72 valence electrons. The van der Waals surface area contributed by atoms with E-state index in [0.29, 0.717) is 6.42 Å². The Balaban J connectivity index is 3.67. The van der Waals surface area contributed by atoms with Crippen molar-refractivity contribution in [3.63, 3.8) is 0 Å². The summed E-state index contributed by atoms with van der Waals surface area (Å²) in [6.07, 6.45) is 2.51. The van der Waals surface area contributed by atoms with Crippen molar-refractivity contribution in [2.45, 2.75) is 33.1 Å². The van der Waals surface area contributed by atoms with Crippen molar-refractivity contribution in [3.8, 4) is 0 Å². The number of carbonyl (C=O) groups is 1. The van der Waals surface area contributed by atoms with Gasteiger partial charge in [-0.05, 0) is 18.3 Å². The van der Waals surface area contributed by atoms with E-state index in [2.05, 4.69) is 34.5 Å². The molecule has 0 aromatic carbocycles. The molecule has 0 spiro atoms. The molecule has 0 saturated heterocycles. The fraction of sp³-hybridized carbons (Fsp3) is 0.889. The van der Waals surface area contributed by atoms with Gasteiger partial charge in [-0.25, -0.2) is 0 Å². The number of ether oxygens (including phenoxy) is 1. The van der Waals surface area contributed by atoms with Gasteiger partial charge in [-0.15, -0.1) is 0 Å². The zero-order valence-corrected chi connectivity index (χ0v) is 9.61. The molecule has 0 heterocycles. The summed E-state index contributed by atoms with van der Waals surface area (Å²) in [6.45, 7) is 4.33. The Hall–Kier alpha value is -0.0500. The van der Waals surface area contributed by atoms with Crippen molar-refractivity contribution in [3.05, 3.63) is 0 Å². The van der Waals surface area contributed by atoms with E-state index < -0.39 is 0 Å². The fourth-order valence-electron chi connectivity index (χ4n) is 0.923. The highest BCUT2D eigenvalue weighted by molar-refractivity contribution is 9.09. The Labute approximate surface area is 82.8 Å². The van der Waals surface area contributed by atoms with Crippen LogP contribution in [0.5, 0.6) is 0 Å². The van der Waals surface area contributed by atoms with Crippen molar-refractivity contribution in [2.75, 3.05) is 12.4 Å². The van der Waals surface area contributed by atoms with Gasteiger partial charge in [0.15, 0.2) is 0 Å². The molecular formula is C9H17BrO2. The van der Waals surface area contributed by atoms with Gasteiger partial charge in [0.25, 0.3) is 0 Å². The molecule has 0 fully saturated rings. The SMILES string of the molecule is COC(=O)CCC(C)(C)CCBr. The highest BCUT2D eigenvalue weighted by atomic mass is 79.9. The standard InChI is InChI=1S/C9H17BrO2/c1-9(2,6-7-10)5-4-8(11)12-3/h4-7H2,1-3H3. The molecule has 0 aromatic heterocycles. The van der Waals surface area contributed by atoms with Crippen molar-refractivity contribution < 1.29 is 9.53 Å². The predicted octanol–water partition coefficient (Wildman–Crippen LogP) is 2.75. The van der Waals surface area contributed by atoms with Gasteiger partial charge in [0.2, 0.25) is 0 Å². The highest BCUT2D eigenvalue weighted by Gasteiger charge is 2.18. The summed E-state index contributed by atoms with van der Waals surface area (Å²) in [7, 11) is 1.43. The molecule has 0 aromatic rings. The summed E-state index contributed by atoms with van der Waals surface area (Å²) in [4.78, 5) is 10.8. The minimum atomic E-state index is -0.113. The molecule has 3 heteroatoms. The molecule has 0 amide bonds. The van der Waals surface area contributed by atoms with E-state index in [0.717, 1.165) is 18.2 Å². The van der Waals surface area contributed by atoms with Crippen molar-refractivity contribution in [1.29, 1.82) is 0 Å². The zero-order valence-electron chi connectivity index (χ0n) is 8.02. The monoisotopic (exact) mass is 236 g/mol. The number of alkyl halides is 1. The van der Waals surface area contributed by atoms with Gasteiger partial charge in [0.1, 0.15) is 0 Å². The maximum Gasteiger partial charge on any atom is 0.305 e. The topological polar surface area (TPSA) is 26.3 Å². The highest BCUT2D eigenvalue weighted by Crippen LogP contribution is 2.27. The molecule has 0 rings (SSSR count). The van der Waals surface area contributed by atoms with Gasteiger partial charge in [-0.2, -0.15) is 0 Å². The van der Waals surface area contributed by atoms with Crippen LogP contribution in [0.2, 0.25) is 0 Å². The molecule has 0 radical (unpaired) electrons. The first-order chi connectivity index (χ1) is 5.52. The van der Waals surface area contributed by atoms with Crippen LogP contribution in [0.15, 0.2) is 0 Å². The van der Waals surface area contributed by atoms with E-state index in [4.69, 9.17) is 0 Å². The number of carbonyl (C=O) groups excluding carboxylic acids is 1. The van der Waals surface area contributed by atoms with E-state index in [1.54, 1.807) is 0 Å². The molecule has 12 heavy (non-hydrogen) atoms. The molecule has 0 bridgehead atoms. The van der Waals surface area contributed by atoms with Crippen LogP contribution in [0.1, 0.15) is 33.1 Å². The molecular weight excluding hydrogens is 220 g/mol. The van der Waals surface area contributed by atoms with E-state index in [1.165, 1.54) is 7.11 Å². The average Bonchev–Trinajstić information content (AvgIpc) is 2.00. The largest absolute Gasteiger partial charge is 0.469 e. The van der Waals surface area contributed by atoms with Crippen LogP contribution in [0.25, 0.3) is 0 Å². The molecule has 0 aliphatic carbocycles. The van der Waals surface area contributed by atoms with E-state index >= 15 is 0 Å². The third-order valence-corrected chi connectivity index (χ3v) is 2.40. The first kappa shape index (κ1) is 11.9. The van der Waals surface area contributed by atoms with Gasteiger partial charge in [-0.1, -0.05) is 29.8 Å². The molecule has 0 aliphatic rings. The average molecular weight is 237 g/mol. The zero-order chi connectivity index (χ0) is 9.61. The van der Waals surface area contributed by atoms with E-state index in [1.807, 2.05) is 0 Å². The van der Waals surface area contributed by atoms with Gasteiger partial charge in [-0.3, -0.25) is 4.79 Å². The Morgan fingerprint density at radius 2 is 2.00 bits per heavy atom. The first-order valence-corrected chi connectivity index (χ1v) is 5.27. The second-order valence-corrected chi connectivity index (χ2v) is 4.47. The number of rotatable bonds is 5. The van der Waals surface area contributed by atoms with Crippen LogP contribution in [-0.2, 0) is 9.53 Å². The fourth-order valence-corrected chi connectivity index (χ4v) is 2.00. The minimum absolute atomic E-state index is 0.113. The van der Waals surface area contributed by atoms with Crippen LogP contribution in [-0.4, -0.2) is 18.4 Å². The van der Waals surface area contributed by atoms with Gasteiger partial charge in [0.05, 0.1) is 7.11 Å². The van der Waals surface area contributed by atoms with Crippen LogP contribution >= 0.6 is 15.9 Å². The molecule has 2 nitrogen and oxygen atoms in total.